The predicted molar refractivity (Wildman–Crippen MR) is 117 cm³/mol. The number of hydrogen-bond donors (Lipinski definition) is 2. The molecule has 2 aromatic carbocycles. The molecule has 0 saturated heterocycles. The van der Waals surface area contributed by atoms with Crippen molar-refractivity contribution in [2.24, 2.45) is 0 Å². The number of aryl methyl sites for hydroxylation is 2. The lowest BCUT2D eigenvalue weighted by Crippen LogP contribution is -2.30. The van der Waals surface area contributed by atoms with Crippen LogP contribution >= 0.6 is 11.3 Å². The standard InChI is InChI=1S/C23H23N3O2S/c1-3-6-15-9-11-16(12-10-15)21-14(2)29-23(25-21)26-22(28)18-13-20(27)24-19-8-5-4-7-17(18)19/h4-5,7-12,18H,3,6,13H2,1-2H3,(H,24,27)(H,25,26,28)/t18-/m1/s1. The Kier molecular flexibility index (Phi) is 5.45. The van der Waals surface area contributed by atoms with E-state index >= 15 is 0 Å². The van der Waals surface area contributed by atoms with Crippen molar-refractivity contribution in [1.29, 1.82) is 0 Å². The van der Waals surface area contributed by atoms with Gasteiger partial charge in [0, 0.05) is 22.5 Å². The normalized spacial score (nSPS) is 15.5. The Morgan fingerprint density at radius 2 is 1.97 bits per heavy atom. The molecule has 0 fully saturated rings. The van der Waals surface area contributed by atoms with Crippen LogP contribution in [-0.4, -0.2) is 16.8 Å². The number of aromatic nitrogens is 1. The monoisotopic (exact) mass is 405 g/mol. The van der Waals surface area contributed by atoms with Gasteiger partial charge in [0.1, 0.15) is 0 Å². The topological polar surface area (TPSA) is 71.1 Å². The van der Waals surface area contributed by atoms with Gasteiger partial charge in [0.25, 0.3) is 0 Å². The van der Waals surface area contributed by atoms with Crippen LogP contribution in [0, 0.1) is 6.92 Å². The Bertz CT molecular complexity index is 1060. The molecule has 1 aromatic heterocycles. The lowest BCUT2D eigenvalue weighted by atomic mass is 9.90. The molecule has 0 saturated carbocycles. The van der Waals surface area contributed by atoms with Gasteiger partial charge < -0.3 is 10.6 Å². The number of rotatable bonds is 5. The molecular formula is C23H23N3O2S. The van der Waals surface area contributed by atoms with Crippen LogP contribution in [0.1, 0.15) is 41.7 Å². The third-order valence-electron chi connectivity index (χ3n) is 5.11. The van der Waals surface area contributed by atoms with E-state index in [0.717, 1.165) is 34.5 Å². The summed E-state index contributed by atoms with van der Waals surface area (Å²) in [6.45, 7) is 4.17. The fraction of sp³-hybridized carbons (Fsp3) is 0.261. The summed E-state index contributed by atoms with van der Waals surface area (Å²) in [7, 11) is 0. The number of thiazole rings is 1. The van der Waals surface area contributed by atoms with Crippen LogP contribution in [0.25, 0.3) is 11.3 Å². The summed E-state index contributed by atoms with van der Waals surface area (Å²) in [6.07, 6.45) is 2.32. The molecule has 148 valence electrons. The number of nitrogens with zero attached hydrogens (tertiary/aromatic N) is 1. The number of fused-ring (bicyclic) bond motifs is 1. The second kappa shape index (κ2) is 8.17. The first-order valence-electron chi connectivity index (χ1n) is 9.81. The second-order valence-corrected chi connectivity index (χ2v) is 8.46. The van der Waals surface area contributed by atoms with Crippen molar-refractivity contribution < 1.29 is 9.59 Å². The molecule has 4 rings (SSSR count). The Morgan fingerprint density at radius 3 is 2.72 bits per heavy atom. The Balaban J connectivity index is 1.54. The smallest absolute Gasteiger partial charge is 0.234 e. The fourth-order valence-electron chi connectivity index (χ4n) is 3.67. The molecule has 0 aliphatic carbocycles. The summed E-state index contributed by atoms with van der Waals surface area (Å²) in [4.78, 5) is 30.6. The van der Waals surface area contributed by atoms with E-state index in [2.05, 4.69) is 46.8 Å². The second-order valence-electron chi connectivity index (χ2n) is 7.25. The molecule has 2 heterocycles. The van der Waals surface area contributed by atoms with Crippen molar-refractivity contribution in [3.05, 3.63) is 64.5 Å². The number of carbonyl (C=O) groups is 2. The number of nitrogens with one attached hydrogen (secondary N) is 2. The molecule has 1 atom stereocenters. The van der Waals surface area contributed by atoms with E-state index in [1.807, 2.05) is 31.2 Å². The van der Waals surface area contributed by atoms with Crippen LogP contribution in [0.4, 0.5) is 10.8 Å². The van der Waals surface area contributed by atoms with Crippen molar-refractivity contribution in [2.45, 2.75) is 39.0 Å². The van der Waals surface area contributed by atoms with Gasteiger partial charge in [-0.1, -0.05) is 55.8 Å². The molecule has 5 nitrogen and oxygen atoms in total. The molecule has 0 spiro atoms. The first kappa shape index (κ1) is 19.3. The van der Waals surface area contributed by atoms with E-state index < -0.39 is 5.92 Å². The molecule has 2 amide bonds. The summed E-state index contributed by atoms with van der Waals surface area (Å²) in [5.74, 6) is -0.862. The lowest BCUT2D eigenvalue weighted by molar-refractivity contribution is -0.123. The van der Waals surface area contributed by atoms with Gasteiger partial charge in [-0.3, -0.25) is 9.59 Å². The minimum atomic E-state index is -0.513. The maximum absolute atomic E-state index is 12.9. The van der Waals surface area contributed by atoms with Crippen molar-refractivity contribution in [3.63, 3.8) is 0 Å². The minimum Gasteiger partial charge on any atom is -0.326 e. The number of benzene rings is 2. The molecule has 0 radical (unpaired) electrons. The molecule has 29 heavy (non-hydrogen) atoms. The summed E-state index contributed by atoms with van der Waals surface area (Å²) in [5.41, 5.74) is 4.78. The minimum absolute atomic E-state index is 0.138. The van der Waals surface area contributed by atoms with Crippen molar-refractivity contribution >= 4 is 34.0 Å². The lowest BCUT2D eigenvalue weighted by Gasteiger charge is -2.24. The maximum Gasteiger partial charge on any atom is 0.234 e. The summed E-state index contributed by atoms with van der Waals surface area (Å²) in [5, 5.41) is 6.31. The number of amides is 2. The third kappa shape index (κ3) is 4.07. The highest BCUT2D eigenvalue weighted by Gasteiger charge is 2.31. The van der Waals surface area contributed by atoms with Gasteiger partial charge in [0.05, 0.1) is 11.6 Å². The van der Waals surface area contributed by atoms with Crippen LogP contribution < -0.4 is 10.6 Å². The van der Waals surface area contributed by atoms with Gasteiger partial charge in [-0.25, -0.2) is 4.98 Å². The Hall–Kier alpha value is -2.99. The number of para-hydroxylation sites is 1. The van der Waals surface area contributed by atoms with Gasteiger partial charge in [-0.2, -0.15) is 0 Å². The van der Waals surface area contributed by atoms with Crippen LogP contribution in [0.15, 0.2) is 48.5 Å². The van der Waals surface area contributed by atoms with E-state index in [9.17, 15) is 9.59 Å². The number of anilines is 2. The predicted octanol–water partition coefficient (Wildman–Crippen LogP) is 5.14. The zero-order valence-electron chi connectivity index (χ0n) is 16.5. The maximum atomic E-state index is 12.9. The average molecular weight is 406 g/mol. The quantitative estimate of drug-likeness (QED) is 0.618. The molecule has 0 bridgehead atoms. The summed E-state index contributed by atoms with van der Waals surface area (Å²) < 4.78 is 0. The first-order chi connectivity index (χ1) is 14.0. The molecule has 3 aromatic rings. The Morgan fingerprint density at radius 1 is 1.21 bits per heavy atom. The SMILES string of the molecule is CCCc1ccc(-c2nc(NC(=O)[C@@H]3CC(=O)Nc4ccccc43)sc2C)cc1. The summed E-state index contributed by atoms with van der Waals surface area (Å²) in [6, 6.07) is 15.9. The average Bonchev–Trinajstić information content (AvgIpc) is 3.08. The van der Waals surface area contributed by atoms with Crippen molar-refractivity contribution in [3.8, 4) is 11.3 Å². The largest absolute Gasteiger partial charge is 0.326 e. The van der Waals surface area contributed by atoms with E-state index in [1.165, 1.54) is 16.9 Å². The van der Waals surface area contributed by atoms with Crippen LogP contribution in [0.5, 0.6) is 0 Å². The van der Waals surface area contributed by atoms with Gasteiger partial charge in [0.2, 0.25) is 11.8 Å². The first-order valence-corrected chi connectivity index (χ1v) is 10.6. The highest BCUT2D eigenvalue weighted by molar-refractivity contribution is 7.16. The van der Waals surface area contributed by atoms with Crippen LogP contribution in [0.2, 0.25) is 0 Å². The zero-order chi connectivity index (χ0) is 20.4. The zero-order valence-corrected chi connectivity index (χ0v) is 17.3. The third-order valence-corrected chi connectivity index (χ3v) is 6.00. The number of carbonyl (C=O) groups excluding carboxylic acids is 2. The van der Waals surface area contributed by atoms with E-state index in [0.29, 0.717) is 10.8 Å². The fourth-order valence-corrected chi connectivity index (χ4v) is 4.51. The van der Waals surface area contributed by atoms with Crippen LogP contribution in [-0.2, 0) is 16.0 Å². The van der Waals surface area contributed by atoms with Gasteiger partial charge >= 0.3 is 0 Å². The molecule has 6 heteroatoms. The highest BCUT2D eigenvalue weighted by Crippen LogP contribution is 2.35. The van der Waals surface area contributed by atoms with Crippen molar-refractivity contribution in [2.75, 3.05) is 10.6 Å². The summed E-state index contributed by atoms with van der Waals surface area (Å²) >= 11 is 1.45. The van der Waals surface area contributed by atoms with Crippen molar-refractivity contribution in [1.82, 2.24) is 4.98 Å². The van der Waals surface area contributed by atoms with E-state index in [4.69, 9.17) is 0 Å². The number of hydrogen-bond acceptors (Lipinski definition) is 4. The molecule has 0 unspecified atom stereocenters. The van der Waals surface area contributed by atoms with Crippen LogP contribution in [0.3, 0.4) is 0 Å². The Labute approximate surface area is 174 Å². The molecule has 2 N–H and O–H groups in total. The molecular weight excluding hydrogens is 382 g/mol. The molecule has 1 aliphatic rings. The van der Waals surface area contributed by atoms with Gasteiger partial charge in [-0.15, -0.1) is 11.3 Å². The molecule has 1 aliphatic heterocycles. The van der Waals surface area contributed by atoms with Gasteiger partial charge in [0.15, 0.2) is 5.13 Å². The highest BCUT2D eigenvalue weighted by atomic mass is 32.1. The van der Waals surface area contributed by atoms with Gasteiger partial charge in [-0.05, 0) is 30.5 Å². The van der Waals surface area contributed by atoms with E-state index in [1.54, 1.807) is 0 Å². The van der Waals surface area contributed by atoms with E-state index in [-0.39, 0.29) is 18.2 Å².